The maximum absolute atomic E-state index is 14.1. The van der Waals surface area contributed by atoms with Gasteiger partial charge in [0.2, 0.25) is 11.6 Å². The monoisotopic (exact) mass is 746 g/mol. The first-order valence-corrected chi connectivity index (χ1v) is 20.3. The molecule has 2 spiro atoms. The highest BCUT2D eigenvalue weighted by atomic mass is 19.1. The first kappa shape index (κ1) is 36.8. The predicted octanol–water partition coefficient (Wildman–Crippen LogP) is 8.02. The van der Waals surface area contributed by atoms with Crippen LogP contribution in [0.1, 0.15) is 116 Å². The maximum atomic E-state index is 14.1. The predicted molar refractivity (Wildman–Crippen MR) is 183 cm³/mol. The first-order chi connectivity index (χ1) is 25.2. The first-order valence-electron chi connectivity index (χ1n) is 20.3. The zero-order valence-electron chi connectivity index (χ0n) is 31.9. The lowest BCUT2D eigenvalue weighted by Gasteiger charge is -2.61. The lowest BCUT2D eigenvalue weighted by Crippen LogP contribution is -2.70. The van der Waals surface area contributed by atoms with E-state index in [1.807, 2.05) is 13.8 Å². The second-order valence-electron chi connectivity index (χ2n) is 18.5. The van der Waals surface area contributed by atoms with Crippen molar-refractivity contribution in [3.8, 4) is 0 Å². The highest BCUT2D eigenvalue weighted by Crippen LogP contribution is 2.63. The van der Waals surface area contributed by atoms with Crippen molar-refractivity contribution in [2.24, 2.45) is 53.3 Å². The standard InChI is InChI=1S/C41H56F2O10/c1-21-7-9-31-23(3)33(46-36-40(31)29(21)11-13-38(5,48-36)50-52-40)15-25(20-45-35(44)26-17-27(42)19-28(43)18-26)16-34-24(4)32-10-8-22(2)30-12-14-39(6)49-37(47-34)41(30,32)53-51-39/h17-19,21-25,29-34,36-37H,7-16,20H2,1-6H3/t21-,22-,23-,24-,29+,30+,31+,32+,33-,34-,36-,37-,38-,39-,40-,41-/m1/s1. The summed E-state index contributed by atoms with van der Waals surface area (Å²) < 4.78 is 61.4. The molecule has 0 amide bonds. The van der Waals surface area contributed by atoms with E-state index in [2.05, 4.69) is 27.7 Å². The molecule has 10 aliphatic rings. The zero-order valence-corrected chi connectivity index (χ0v) is 31.9. The molecule has 53 heavy (non-hydrogen) atoms. The van der Waals surface area contributed by atoms with Crippen molar-refractivity contribution in [1.82, 2.24) is 0 Å². The molecule has 0 N–H and O–H groups in total. The summed E-state index contributed by atoms with van der Waals surface area (Å²) in [4.78, 5) is 38.2. The normalized spacial score (nSPS) is 50.3. The van der Waals surface area contributed by atoms with Crippen molar-refractivity contribution in [3.63, 3.8) is 0 Å². The van der Waals surface area contributed by atoms with Gasteiger partial charge in [0.05, 0.1) is 24.4 Å². The van der Waals surface area contributed by atoms with E-state index in [1.165, 1.54) is 0 Å². The van der Waals surface area contributed by atoms with Crippen molar-refractivity contribution in [2.45, 2.75) is 153 Å². The van der Waals surface area contributed by atoms with Crippen LogP contribution in [0.25, 0.3) is 0 Å². The Labute approximate surface area is 311 Å². The van der Waals surface area contributed by atoms with Crippen LogP contribution >= 0.6 is 0 Å². The van der Waals surface area contributed by atoms with Gasteiger partial charge in [-0.05, 0) is 119 Å². The van der Waals surface area contributed by atoms with Gasteiger partial charge >= 0.3 is 5.97 Å². The lowest BCUT2D eigenvalue weighted by atomic mass is 9.56. The third-order valence-corrected chi connectivity index (χ3v) is 15.3. The smallest absolute Gasteiger partial charge is 0.338 e. The average Bonchev–Trinajstić information content (AvgIpc) is 3.49. The SMILES string of the molecule is C[C@H]1[C@@H](CC(COC(=O)c2cc(F)cc(F)c2)C[C@H]2O[C@@H]3O[C@@]4(C)CC[C@H]5[C@H](C)CC[C@@H]([C@H]2C)[C@@]35OO4)O[C@@H]2O[C@@]3(C)CC[C@H]4[C@H](C)CC[C@@H]1[C@@]24OO3. The minimum Gasteiger partial charge on any atom is -0.462 e. The van der Waals surface area contributed by atoms with E-state index in [0.717, 1.165) is 69.6 Å². The lowest BCUT2D eigenvalue weighted by molar-refractivity contribution is -0.571. The average molecular weight is 747 g/mol. The van der Waals surface area contributed by atoms with Gasteiger partial charge in [0, 0.05) is 30.7 Å². The van der Waals surface area contributed by atoms with Gasteiger partial charge in [-0.2, -0.15) is 0 Å². The minimum absolute atomic E-state index is 0.0206. The Morgan fingerprint density at radius 3 is 1.64 bits per heavy atom. The Bertz CT molecular complexity index is 1480. The second-order valence-corrected chi connectivity index (χ2v) is 18.5. The van der Waals surface area contributed by atoms with Gasteiger partial charge in [-0.25, -0.2) is 33.1 Å². The van der Waals surface area contributed by atoms with Crippen molar-refractivity contribution in [2.75, 3.05) is 6.61 Å². The summed E-state index contributed by atoms with van der Waals surface area (Å²) in [5.74, 6) is -2.59. The van der Waals surface area contributed by atoms with Crippen molar-refractivity contribution in [3.05, 3.63) is 35.4 Å². The Kier molecular flexibility index (Phi) is 9.14. The summed E-state index contributed by atoms with van der Waals surface area (Å²) in [7, 11) is 0. The molecule has 8 saturated heterocycles. The van der Waals surface area contributed by atoms with Gasteiger partial charge < -0.3 is 23.7 Å². The highest BCUT2D eigenvalue weighted by molar-refractivity contribution is 5.89. The van der Waals surface area contributed by atoms with Crippen molar-refractivity contribution < 1.29 is 56.8 Å². The van der Waals surface area contributed by atoms with Crippen molar-refractivity contribution >= 4 is 5.97 Å². The highest BCUT2D eigenvalue weighted by Gasteiger charge is 2.71. The van der Waals surface area contributed by atoms with Crippen LogP contribution in [-0.4, -0.2) is 60.1 Å². The number of esters is 1. The number of hydrogen-bond donors (Lipinski definition) is 0. The molecule has 2 aliphatic carbocycles. The van der Waals surface area contributed by atoms with Gasteiger partial charge in [0.15, 0.2) is 23.8 Å². The summed E-state index contributed by atoms with van der Waals surface area (Å²) >= 11 is 0. The fraction of sp³-hybridized carbons (Fsp3) is 0.829. The van der Waals surface area contributed by atoms with E-state index in [1.54, 1.807) is 0 Å². The van der Waals surface area contributed by atoms with Crippen LogP contribution in [0.2, 0.25) is 0 Å². The number of ether oxygens (including phenoxy) is 5. The van der Waals surface area contributed by atoms with Gasteiger partial charge in [-0.1, -0.05) is 27.7 Å². The number of fused-ring (bicyclic) bond motifs is 4. The third-order valence-electron chi connectivity index (χ3n) is 15.3. The molecule has 1 aromatic carbocycles. The molecule has 8 heterocycles. The quantitative estimate of drug-likeness (QED) is 0.202. The molecule has 12 heteroatoms. The molecule has 0 unspecified atom stereocenters. The Morgan fingerprint density at radius 1 is 0.698 bits per heavy atom. The zero-order chi connectivity index (χ0) is 37.1. The number of benzene rings is 1. The van der Waals surface area contributed by atoms with Gasteiger partial charge in [0.25, 0.3) is 0 Å². The Balaban J connectivity index is 1.00. The molecule has 10 nitrogen and oxygen atoms in total. The van der Waals surface area contributed by atoms with Crippen LogP contribution in [0, 0.1) is 64.9 Å². The number of rotatable bonds is 7. The molecule has 8 aliphatic heterocycles. The molecule has 4 bridgehead atoms. The van der Waals surface area contributed by atoms with Crippen LogP contribution in [0.3, 0.4) is 0 Å². The second kappa shape index (κ2) is 13.1. The van der Waals surface area contributed by atoms with Crippen LogP contribution in [0.4, 0.5) is 8.78 Å². The van der Waals surface area contributed by atoms with Crippen LogP contribution in [-0.2, 0) is 43.2 Å². The van der Waals surface area contributed by atoms with E-state index in [4.69, 9.17) is 43.2 Å². The number of carbonyl (C=O) groups is 1. The molecule has 16 atom stereocenters. The summed E-state index contributed by atoms with van der Waals surface area (Å²) in [6.45, 7) is 12.9. The molecular weight excluding hydrogens is 690 g/mol. The van der Waals surface area contributed by atoms with E-state index in [-0.39, 0.29) is 65.8 Å². The van der Waals surface area contributed by atoms with Gasteiger partial charge in [-0.15, -0.1) is 0 Å². The van der Waals surface area contributed by atoms with E-state index in [9.17, 15) is 13.6 Å². The molecule has 10 fully saturated rings. The fourth-order valence-corrected chi connectivity index (χ4v) is 12.3. The molecule has 0 radical (unpaired) electrons. The van der Waals surface area contributed by atoms with E-state index >= 15 is 0 Å². The van der Waals surface area contributed by atoms with Crippen molar-refractivity contribution in [1.29, 1.82) is 0 Å². The molecular formula is C41H56F2O10. The molecule has 2 saturated carbocycles. The van der Waals surface area contributed by atoms with Crippen LogP contribution in [0.15, 0.2) is 18.2 Å². The van der Waals surface area contributed by atoms with Gasteiger partial charge in [-0.3, -0.25) is 0 Å². The fourth-order valence-electron chi connectivity index (χ4n) is 12.3. The van der Waals surface area contributed by atoms with Gasteiger partial charge in [0.1, 0.15) is 11.6 Å². The summed E-state index contributed by atoms with van der Waals surface area (Å²) in [6, 6.07) is 2.74. The van der Waals surface area contributed by atoms with Crippen LogP contribution in [0.5, 0.6) is 0 Å². The summed E-state index contributed by atoms with van der Waals surface area (Å²) in [5.41, 5.74) is -1.54. The minimum atomic E-state index is -0.894. The topological polar surface area (TPSA) is 100 Å². The molecule has 11 rings (SSSR count). The Morgan fingerprint density at radius 2 is 1.17 bits per heavy atom. The van der Waals surface area contributed by atoms with E-state index in [0.29, 0.717) is 24.7 Å². The third kappa shape index (κ3) is 5.86. The maximum Gasteiger partial charge on any atom is 0.338 e. The van der Waals surface area contributed by atoms with Crippen LogP contribution < -0.4 is 0 Å². The number of halogens is 2. The molecule has 294 valence electrons. The largest absolute Gasteiger partial charge is 0.462 e. The number of hydrogen-bond acceptors (Lipinski definition) is 10. The molecule has 0 aromatic heterocycles. The summed E-state index contributed by atoms with van der Waals surface area (Å²) in [6.07, 6.45) is 6.91. The van der Waals surface area contributed by atoms with E-state index < -0.39 is 53.0 Å². The number of carbonyl (C=O) groups excluding carboxylic acids is 1. The Hall–Kier alpha value is -1.77. The summed E-state index contributed by atoms with van der Waals surface area (Å²) in [5, 5.41) is 0. The molecule has 1 aromatic rings.